The summed E-state index contributed by atoms with van der Waals surface area (Å²) in [4.78, 5) is 24.0. The molecule has 0 aliphatic heterocycles. The van der Waals surface area contributed by atoms with Crippen LogP contribution < -0.4 is 5.32 Å². The molecule has 0 radical (unpaired) electrons. The second-order valence-electron chi connectivity index (χ2n) is 5.78. The molecule has 0 amide bonds. The zero-order chi connectivity index (χ0) is 17.5. The fourth-order valence-corrected chi connectivity index (χ4v) is 2.59. The Morgan fingerprint density at radius 1 is 1.08 bits per heavy atom. The highest BCUT2D eigenvalue weighted by Gasteiger charge is 2.09. The Morgan fingerprint density at radius 3 is 2.80 bits per heavy atom. The lowest BCUT2D eigenvalue weighted by Crippen LogP contribution is -2.22. The van der Waals surface area contributed by atoms with Gasteiger partial charge in [-0.15, -0.1) is 0 Å². The molecule has 0 aliphatic rings. The second kappa shape index (κ2) is 8.26. The van der Waals surface area contributed by atoms with Gasteiger partial charge >= 0.3 is 0 Å². The van der Waals surface area contributed by atoms with Gasteiger partial charge in [-0.1, -0.05) is 12.1 Å². The van der Waals surface area contributed by atoms with Crippen LogP contribution in [0.5, 0.6) is 0 Å². The molecule has 0 aromatic carbocycles. The number of hydrogen-bond donors (Lipinski definition) is 1. The minimum atomic E-state index is 0.109. The van der Waals surface area contributed by atoms with Crippen molar-refractivity contribution in [3.8, 4) is 11.3 Å². The normalized spacial score (nSPS) is 11.9. The van der Waals surface area contributed by atoms with Crippen molar-refractivity contribution in [2.45, 2.75) is 19.4 Å². The van der Waals surface area contributed by atoms with Crippen LogP contribution in [-0.2, 0) is 6.42 Å². The van der Waals surface area contributed by atoms with Crippen LogP contribution in [-0.4, -0.2) is 27.8 Å². The molecule has 1 unspecified atom stereocenters. The number of nitrogens with one attached hydrogen (secondary N) is 1. The Morgan fingerprint density at radius 2 is 2.00 bits per heavy atom. The quantitative estimate of drug-likeness (QED) is 0.673. The lowest BCUT2D eigenvalue weighted by atomic mass is 10.1. The van der Waals surface area contributed by atoms with Gasteiger partial charge in [-0.3, -0.25) is 14.8 Å². The Kier molecular flexibility index (Phi) is 5.59. The van der Waals surface area contributed by atoms with Crippen LogP contribution in [0.1, 0.15) is 34.8 Å². The van der Waals surface area contributed by atoms with Crippen molar-refractivity contribution in [1.29, 1.82) is 0 Å². The number of aldehydes is 1. The van der Waals surface area contributed by atoms with E-state index in [0.29, 0.717) is 5.69 Å². The van der Waals surface area contributed by atoms with Crippen LogP contribution in [0.25, 0.3) is 11.3 Å². The molecule has 3 heterocycles. The molecule has 0 spiro atoms. The number of pyridine rings is 3. The van der Waals surface area contributed by atoms with E-state index in [1.165, 1.54) is 0 Å². The van der Waals surface area contributed by atoms with E-state index in [0.717, 1.165) is 41.9 Å². The number of carbonyl (C=O) groups is 1. The molecule has 5 nitrogen and oxygen atoms in total. The average Bonchev–Trinajstić information content (AvgIpc) is 2.69. The second-order valence-corrected chi connectivity index (χ2v) is 5.78. The van der Waals surface area contributed by atoms with E-state index < -0.39 is 0 Å². The summed E-state index contributed by atoms with van der Waals surface area (Å²) in [7, 11) is 0. The molecule has 1 atom stereocenters. The van der Waals surface area contributed by atoms with Crippen LogP contribution >= 0.6 is 0 Å². The van der Waals surface area contributed by atoms with Gasteiger partial charge in [0.1, 0.15) is 5.69 Å². The standard InChI is InChI=1S/C20H20N4O/c1-15(21-12-9-17-5-2-3-10-22-17)20-13-16(8-11-23-20)19-7-4-6-18(14-25)24-19/h2-8,10-11,13-15,21H,9,12H2,1H3. The maximum atomic E-state index is 10.9. The first-order valence-corrected chi connectivity index (χ1v) is 8.28. The first-order chi connectivity index (χ1) is 12.3. The first kappa shape index (κ1) is 16.9. The van der Waals surface area contributed by atoms with E-state index >= 15 is 0 Å². The third kappa shape index (κ3) is 4.55. The third-order valence-corrected chi connectivity index (χ3v) is 3.97. The fourth-order valence-electron chi connectivity index (χ4n) is 2.59. The van der Waals surface area contributed by atoms with Crippen molar-refractivity contribution in [2.75, 3.05) is 6.54 Å². The first-order valence-electron chi connectivity index (χ1n) is 8.28. The van der Waals surface area contributed by atoms with Crippen LogP contribution in [0.3, 0.4) is 0 Å². The molecule has 5 heteroatoms. The summed E-state index contributed by atoms with van der Waals surface area (Å²) >= 11 is 0. The van der Waals surface area contributed by atoms with Gasteiger partial charge in [0, 0.05) is 42.7 Å². The summed E-state index contributed by atoms with van der Waals surface area (Å²) in [6, 6.07) is 15.4. The lowest BCUT2D eigenvalue weighted by Gasteiger charge is -2.14. The predicted octanol–water partition coefficient (Wildman–Crippen LogP) is 3.24. The van der Waals surface area contributed by atoms with E-state index in [1.54, 1.807) is 12.3 Å². The topological polar surface area (TPSA) is 67.8 Å². The van der Waals surface area contributed by atoms with Crippen molar-refractivity contribution in [3.63, 3.8) is 0 Å². The summed E-state index contributed by atoms with van der Waals surface area (Å²) in [6.07, 6.45) is 5.21. The van der Waals surface area contributed by atoms with Crippen molar-refractivity contribution in [2.24, 2.45) is 0 Å². The van der Waals surface area contributed by atoms with Gasteiger partial charge in [0.25, 0.3) is 0 Å². The summed E-state index contributed by atoms with van der Waals surface area (Å²) in [6.45, 7) is 2.91. The zero-order valence-electron chi connectivity index (χ0n) is 14.1. The van der Waals surface area contributed by atoms with Crippen LogP contribution in [0.15, 0.2) is 60.9 Å². The average molecular weight is 332 g/mol. The molecule has 0 saturated carbocycles. The molecule has 126 valence electrons. The summed E-state index contributed by atoms with van der Waals surface area (Å²) < 4.78 is 0. The Hall–Kier alpha value is -2.92. The van der Waals surface area contributed by atoms with Crippen LogP contribution in [0, 0.1) is 0 Å². The van der Waals surface area contributed by atoms with E-state index in [1.807, 2.05) is 48.7 Å². The maximum Gasteiger partial charge on any atom is 0.168 e. The number of carbonyl (C=O) groups excluding carboxylic acids is 1. The highest BCUT2D eigenvalue weighted by molar-refractivity contribution is 5.73. The summed E-state index contributed by atoms with van der Waals surface area (Å²) in [5.41, 5.74) is 4.16. The molecule has 0 saturated heterocycles. The Balaban J connectivity index is 1.66. The Labute approximate surface area is 147 Å². The van der Waals surface area contributed by atoms with Crippen LogP contribution in [0.4, 0.5) is 0 Å². The number of rotatable bonds is 7. The molecular weight excluding hydrogens is 312 g/mol. The minimum Gasteiger partial charge on any atom is -0.308 e. The third-order valence-electron chi connectivity index (χ3n) is 3.97. The van der Waals surface area contributed by atoms with Crippen LogP contribution in [0.2, 0.25) is 0 Å². The van der Waals surface area contributed by atoms with Gasteiger partial charge in [0.15, 0.2) is 6.29 Å². The molecule has 0 bridgehead atoms. The molecule has 0 aliphatic carbocycles. The summed E-state index contributed by atoms with van der Waals surface area (Å²) in [5, 5.41) is 3.47. The molecular formula is C20H20N4O. The van der Waals surface area contributed by atoms with Gasteiger partial charge in [0.05, 0.1) is 11.4 Å². The largest absolute Gasteiger partial charge is 0.308 e. The number of hydrogen-bond acceptors (Lipinski definition) is 5. The van der Waals surface area contributed by atoms with E-state index in [9.17, 15) is 4.79 Å². The number of aromatic nitrogens is 3. The van der Waals surface area contributed by atoms with Gasteiger partial charge in [-0.2, -0.15) is 0 Å². The molecule has 25 heavy (non-hydrogen) atoms. The highest BCUT2D eigenvalue weighted by atomic mass is 16.1. The lowest BCUT2D eigenvalue weighted by molar-refractivity contribution is 0.111. The van der Waals surface area contributed by atoms with Crippen molar-refractivity contribution in [1.82, 2.24) is 20.3 Å². The van der Waals surface area contributed by atoms with E-state index in [-0.39, 0.29) is 6.04 Å². The van der Waals surface area contributed by atoms with E-state index in [4.69, 9.17) is 0 Å². The van der Waals surface area contributed by atoms with Crippen molar-refractivity contribution >= 4 is 6.29 Å². The molecule has 3 aromatic rings. The molecule has 0 fully saturated rings. The van der Waals surface area contributed by atoms with Gasteiger partial charge in [0.2, 0.25) is 0 Å². The zero-order valence-corrected chi connectivity index (χ0v) is 14.1. The smallest absolute Gasteiger partial charge is 0.168 e. The monoisotopic (exact) mass is 332 g/mol. The molecule has 3 rings (SSSR count). The van der Waals surface area contributed by atoms with Gasteiger partial charge in [-0.25, -0.2) is 4.98 Å². The molecule has 1 N–H and O–H groups in total. The predicted molar refractivity (Wildman–Crippen MR) is 97.2 cm³/mol. The minimum absolute atomic E-state index is 0.109. The highest BCUT2D eigenvalue weighted by Crippen LogP contribution is 2.20. The van der Waals surface area contributed by atoms with Gasteiger partial charge in [-0.05, 0) is 43.3 Å². The number of nitrogens with zero attached hydrogens (tertiary/aromatic N) is 3. The SMILES string of the molecule is CC(NCCc1ccccn1)c1cc(-c2cccc(C=O)n2)ccn1. The maximum absolute atomic E-state index is 10.9. The summed E-state index contributed by atoms with van der Waals surface area (Å²) in [5.74, 6) is 0. The fraction of sp³-hybridized carbons (Fsp3) is 0.200. The van der Waals surface area contributed by atoms with Gasteiger partial charge < -0.3 is 5.32 Å². The Bertz CT molecular complexity index is 836. The molecule has 3 aromatic heterocycles. The van der Waals surface area contributed by atoms with E-state index in [2.05, 4.69) is 27.2 Å². The van der Waals surface area contributed by atoms with Crippen molar-refractivity contribution < 1.29 is 4.79 Å². The van der Waals surface area contributed by atoms with Crippen molar-refractivity contribution in [3.05, 3.63) is 78.0 Å².